The molecule has 1 heterocycles. The Labute approximate surface area is 126 Å². The van der Waals surface area contributed by atoms with Gasteiger partial charge in [0.1, 0.15) is 5.82 Å². The third-order valence-corrected chi connectivity index (χ3v) is 3.99. The van der Waals surface area contributed by atoms with Crippen molar-refractivity contribution < 1.29 is 9.18 Å². The number of amides is 1. The van der Waals surface area contributed by atoms with Gasteiger partial charge in [-0.25, -0.2) is 4.39 Å². The molecular formula is C17H25FN2O. The van der Waals surface area contributed by atoms with E-state index in [1.165, 1.54) is 31.4 Å². The highest BCUT2D eigenvalue weighted by Crippen LogP contribution is 2.12. The van der Waals surface area contributed by atoms with Gasteiger partial charge in [0.15, 0.2) is 0 Å². The summed E-state index contributed by atoms with van der Waals surface area (Å²) in [7, 11) is 0. The van der Waals surface area contributed by atoms with Crippen LogP contribution in [-0.2, 0) is 11.2 Å². The fourth-order valence-corrected chi connectivity index (χ4v) is 2.85. The monoisotopic (exact) mass is 292 g/mol. The van der Waals surface area contributed by atoms with Crippen molar-refractivity contribution >= 4 is 5.91 Å². The van der Waals surface area contributed by atoms with E-state index in [0.29, 0.717) is 12.5 Å². The van der Waals surface area contributed by atoms with E-state index >= 15 is 0 Å². The number of rotatable bonds is 6. The zero-order valence-electron chi connectivity index (χ0n) is 12.7. The molecule has 2 unspecified atom stereocenters. The van der Waals surface area contributed by atoms with Gasteiger partial charge in [-0.1, -0.05) is 18.6 Å². The van der Waals surface area contributed by atoms with Crippen molar-refractivity contribution in [3.05, 3.63) is 35.6 Å². The molecule has 0 aliphatic carbocycles. The minimum absolute atomic E-state index is 0.0716. The number of nitrogens with one attached hydrogen (secondary N) is 2. The third kappa shape index (κ3) is 5.84. The fourth-order valence-electron chi connectivity index (χ4n) is 2.85. The molecule has 2 rings (SSSR count). The molecule has 1 aliphatic heterocycles. The predicted octanol–water partition coefficient (Wildman–Crippen LogP) is 2.80. The largest absolute Gasteiger partial charge is 0.353 e. The number of carbonyl (C=O) groups excluding carboxylic acids is 1. The molecule has 116 valence electrons. The van der Waals surface area contributed by atoms with Crippen LogP contribution in [0.2, 0.25) is 0 Å². The highest BCUT2D eigenvalue weighted by Gasteiger charge is 2.15. The lowest BCUT2D eigenvalue weighted by atomic mass is 10.0. The highest BCUT2D eigenvalue weighted by molar-refractivity contribution is 5.76. The van der Waals surface area contributed by atoms with E-state index in [1.807, 2.05) is 6.92 Å². The topological polar surface area (TPSA) is 41.1 Å². The van der Waals surface area contributed by atoms with E-state index in [1.54, 1.807) is 12.1 Å². The number of benzene rings is 1. The Hall–Kier alpha value is -1.42. The van der Waals surface area contributed by atoms with Crippen molar-refractivity contribution in [3.63, 3.8) is 0 Å². The molecule has 2 N–H and O–H groups in total. The number of halogens is 1. The predicted molar refractivity (Wildman–Crippen MR) is 82.6 cm³/mol. The van der Waals surface area contributed by atoms with Crippen molar-refractivity contribution in [2.45, 2.75) is 57.5 Å². The van der Waals surface area contributed by atoms with Gasteiger partial charge >= 0.3 is 0 Å². The molecule has 1 aromatic rings. The van der Waals surface area contributed by atoms with Crippen LogP contribution in [0.4, 0.5) is 4.39 Å². The van der Waals surface area contributed by atoms with Crippen LogP contribution in [0.5, 0.6) is 0 Å². The van der Waals surface area contributed by atoms with Crippen molar-refractivity contribution in [1.82, 2.24) is 10.6 Å². The normalized spacial score (nSPS) is 20.0. The summed E-state index contributed by atoms with van der Waals surface area (Å²) in [5.74, 6) is -0.118. The smallest absolute Gasteiger partial charge is 0.220 e. The summed E-state index contributed by atoms with van der Waals surface area (Å²) in [4.78, 5) is 11.9. The van der Waals surface area contributed by atoms with Crippen LogP contribution in [0.3, 0.4) is 0 Å². The molecule has 1 saturated heterocycles. The Morgan fingerprint density at radius 3 is 2.81 bits per heavy atom. The summed E-state index contributed by atoms with van der Waals surface area (Å²) < 4.78 is 12.8. The Morgan fingerprint density at radius 1 is 1.38 bits per heavy atom. The summed E-state index contributed by atoms with van der Waals surface area (Å²) in [5, 5.41) is 6.48. The maximum absolute atomic E-state index is 12.8. The van der Waals surface area contributed by atoms with E-state index in [-0.39, 0.29) is 17.8 Å². The second kappa shape index (κ2) is 8.13. The van der Waals surface area contributed by atoms with E-state index in [2.05, 4.69) is 10.6 Å². The van der Waals surface area contributed by atoms with Gasteiger partial charge in [-0.15, -0.1) is 0 Å². The molecule has 4 heteroatoms. The molecule has 1 amide bonds. The first-order valence-electron chi connectivity index (χ1n) is 7.90. The molecule has 0 saturated carbocycles. The zero-order chi connectivity index (χ0) is 15.1. The first-order chi connectivity index (χ1) is 10.1. The average Bonchev–Trinajstić information content (AvgIpc) is 2.48. The van der Waals surface area contributed by atoms with E-state index in [9.17, 15) is 9.18 Å². The van der Waals surface area contributed by atoms with Gasteiger partial charge in [0, 0.05) is 18.5 Å². The second-order valence-electron chi connectivity index (χ2n) is 5.98. The molecule has 0 bridgehead atoms. The van der Waals surface area contributed by atoms with Crippen LogP contribution in [0.1, 0.15) is 44.6 Å². The maximum Gasteiger partial charge on any atom is 0.220 e. The molecule has 21 heavy (non-hydrogen) atoms. The maximum atomic E-state index is 12.8. The van der Waals surface area contributed by atoms with Crippen molar-refractivity contribution in [1.29, 1.82) is 0 Å². The van der Waals surface area contributed by atoms with Crippen molar-refractivity contribution in [2.24, 2.45) is 0 Å². The van der Waals surface area contributed by atoms with Crippen LogP contribution >= 0.6 is 0 Å². The lowest BCUT2D eigenvalue weighted by Gasteiger charge is -2.23. The van der Waals surface area contributed by atoms with Crippen molar-refractivity contribution in [3.8, 4) is 0 Å². The summed E-state index contributed by atoms with van der Waals surface area (Å²) >= 11 is 0. The van der Waals surface area contributed by atoms with Gasteiger partial charge in [0.05, 0.1) is 0 Å². The first-order valence-corrected chi connectivity index (χ1v) is 7.90. The summed E-state index contributed by atoms with van der Waals surface area (Å²) in [5.41, 5.74) is 1.04. The Balaban J connectivity index is 1.67. The molecule has 1 aromatic carbocycles. The van der Waals surface area contributed by atoms with Gasteiger partial charge in [-0.05, 0) is 56.8 Å². The van der Waals surface area contributed by atoms with Crippen LogP contribution in [0.15, 0.2) is 24.3 Å². The Morgan fingerprint density at radius 2 is 2.14 bits per heavy atom. The lowest BCUT2D eigenvalue weighted by Crippen LogP contribution is -2.37. The average molecular weight is 292 g/mol. The molecule has 2 atom stereocenters. The zero-order valence-corrected chi connectivity index (χ0v) is 12.7. The Kier molecular flexibility index (Phi) is 6.18. The highest BCUT2D eigenvalue weighted by atomic mass is 19.1. The molecule has 0 spiro atoms. The second-order valence-corrected chi connectivity index (χ2v) is 5.98. The van der Waals surface area contributed by atoms with Crippen LogP contribution in [-0.4, -0.2) is 24.5 Å². The van der Waals surface area contributed by atoms with Crippen LogP contribution < -0.4 is 10.6 Å². The number of hydrogen-bond acceptors (Lipinski definition) is 2. The van der Waals surface area contributed by atoms with Crippen LogP contribution in [0.25, 0.3) is 0 Å². The molecule has 1 fully saturated rings. The summed E-state index contributed by atoms with van der Waals surface area (Å²) in [6.07, 6.45) is 5.91. The van der Waals surface area contributed by atoms with E-state index < -0.39 is 0 Å². The molecule has 0 radical (unpaired) electrons. The van der Waals surface area contributed by atoms with Crippen molar-refractivity contribution in [2.75, 3.05) is 6.54 Å². The third-order valence-electron chi connectivity index (χ3n) is 3.99. The standard InChI is InChI=1S/C17H25FN2O/c1-13(12-14-5-7-15(18)8-6-14)20-17(21)10-9-16-4-2-3-11-19-16/h5-8,13,16,19H,2-4,9-12H2,1H3,(H,20,21). The molecule has 3 nitrogen and oxygen atoms in total. The van der Waals surface area contributed by atoms with Gasteiger partial charge < -0.3 is 10.6 Å². The molecule has 0 aromatic heterocycles. The number of hydrogen-bond donors (Lipinski definition) is 2. The van der Waals surface area contributed by atoms with E-state index in [4.69, 9.17) is 0 Å². The summed E-state index contributed by atoms with van der Waals surface area (Å²) in [6.45, 7) is 3.06. The van der Waals surface area contributed by atoms with Gasteiger partial charge in [-0.2, -0.15) is 0 Å². The SMILES string of the molecule is CC(Cc1ccc(F)cc1)NC(=O)CCC1CCCCN1. The lowest BCUT2D eigenvalue weighted by molar-refractivity contribution is -0.121. The fraction of sp³-hybridized carbons (Fsp3) is 0.588. The van der Waals surface area contributed by atoms with E-state index in [0.717, 1.165) is 24.9 Å². The van der Waals surface area contributed by atoms with Gasteiger partial charge in [0.2, 0.25) is 5.91 Å². The van der Waals surface area contributed by atoms with Gasteiger partial charge in [-0.3, -0.25) is 4.79 Å². The summed E-state index contributed by atoms with van der Waals surface area (Å²) in [6, 6.07) is 7.02. The number of piperidine rings is 1. The first kappa shape index (κ1) is 16.0. The molecular weight excluding hydrogens is 267 g/mol. The minimum Gasteiger partial charge on any atom is -0.353 e. The van der Waals surface area contributed by atoms with Gasteiger partial charge in [0.25, 0.3) is 0 Å². The minimum atomic E-state index is -0.226. The number of carbonyl (C=O) groups is 1. The quantitative estimate of drug-likeness (QED) is 0.846. The van der Waals surface area contributed by atoms with Crippen LogP contribution in [0, 0.1) is 5.82 Å². The molecule has 1 aliphatic rings. The Bertz CT molecular complexity index is 441.